The minimum Gasteiger partial charge on any atom is -0.394 e. The zero-order valence-electron chi connectivity index (χ0n) is 14.3. The summed E-state index contributed by atoms with van der Waals surface area (Å²) in [6.07, 6.45) is 2.85. The van der Waals surface area contributed by atoms with Gasteiger partial charge in [0.05, 0.1) is 24.4 Å². The number of nitrogens with zero attached hydrogens (tertiary/aromatic N) is 2. The van der Waals surface area contributed by atoms with Crippen LogP contribution in [0.4, 0.5) is 0 Å². The fourth-order valence-electron chi connectivity index (χ4n) is 3.77. The number of aliphatic hydroxyl groups is 2. The van der Waals surface area contributed by atoms with Crippen LogP contribution in [-0.2, 0) is 11.3 Å². The van der Waals surface area contributed by atoms with E-state index in [4.69, 9.17) is 4.74 Å². The number of pyridine rings is 1. The maximum absolute atomic E-state index is 10.6. The second-order valence-electron chi connectivity index (χ2n) is 7.05. The van der Waals surface area contributed by atoms with Gasteiger partial charge in [-0.2, -0.15) is 0 Å². The van der Waals surface area contributed by atoms with Crippen molar-refractivity contribution in [2.75, 3.05) is 26.2 Å². The summed E-state index contributed by atoms with van der Waals surface area (Å²) in [7, 11) is 0. The Morgan fingerprint density at radius 3 is 2.75 bits per heavy atom. The maximum atomic E-state index is 10.6. The number of ether oxygens (including phenoxy) is 1. The molecule has 24 heavy (non-hydrogen) atoms. The fourth-order valence-corrected chi connectivity index (χ4v) is 3.77. The van der Waals surface area contributed by atoms with Gasteiger partial charge in [-0.1, -0.05) is 13.0 Å². The van der Waals surface area contributed by atoms with Crippen LogP contribution in [0.2, 0.25) is 0 Å². The normalized spacial score (nSPS) is 32.3. The second-order valence-corrected chi connectivity index (χ2v) is 7.05. The van der Waals surface area contributed by atoms with Gasteiger partial charge in [0.15, 0.2) is 0 Å². The minimum absolute atomic E-state index is 0.0501. The molecule has 1 aromatic rings. The number of hydrogen-bond donors (Lipinski definition) is 3. The van der Waals surface area contributed by atoms with E-state index in [-0.39, 0.29) is 18.8 Å². The molecular formula is C18H29N3O3. The monoisotopic (exact) mass is 335 g/mol. The standard InChI is InChI=1S/C18H29N3O3/c1-13-5-8-21(9-6-13)17-15(24-16(12-22)18(17)23)11-19-10-14-4-2-3-7-20-14/h2-4,7,13,15-19,22-23H,5-6,8-12H2,1H3/t15-,16+,17+,18-/m1/s1. The molecule has 2 fully saturated rings. The first-order chi connectivity index (χ1) is 11.7. The van der Waals surface area contributed by atoms with Gasteiger partial charge in [-0.3, -0.25) is 9.88 Å². The van der Waals surface area contributed by atoms with Crippen LogP contribution in [0, 0.1) is 5.92 Å². The third-order valence-corrected chi connectivity index (χ3v) is 5.26. The molecule has 1 aromatic heterocycles. The van der Waals surface area contributed by atoms with Crippen molar-refractivity contribution in [1.82, 2.24) is 15.2 Å². The van der Waals surface area contributed by atoms with Crippen molar-refractivity contribution < 1.29 is 14.9 Å². The maximum Gasteiger partial charge on any atom is 0.109 e. The largest absolute Gasteiger partial charge is 0.394 e. The van der Waals surface area contributed by atoms with Crippen LogP contribution >= 0.6 is 0 Å². The van der Waals surface area contributed by atoms with Crippen molar-refractivity contribution in [2.45, 2.75) is 50.7 Å². The smallest absolute Gasteiger partial charge is 0.109 e. The molecule has 3 rings (SSSR count). The van der Waals surface area contributed by atoms with E-state index in [1.54, 1.807) is 6.20 Å². The first kappa shape index (κ1) is 17.8. The molecule has 3 heterocycles. The number of aliphatic hydroxyl groups excluding tert-OH is 2. The average molecular weight is 335 g/mol. The van der Waals surface area contributed by atoms with Gasteiger partial charge in [-0.05, 0) is 44.0 Å². The predicted molar refractivity (Wildman–Crippen MR) is 91.5 cm³/mol. The highest BCUT2D eigenvalue weighted by molar-refractivity contribution is 5.04. The van der Waals surface area contributed by atoms with Gasteiger partial charge in [-0.25, -0.2) is 0 Å². The molecule has 0 amide bonds. The van der Waals surface area contributed by atoms with Gasteiger partial charge in [0, 0.05) is 19.3 Å². The third kappa shape index (κ3) is 4.13. The van der Waals surface area contributed by atoms with Crippen LogP contribution in [0.15, 0.2) is 24.4 Å². The van der Waals surface area contributed by atoms with Crippen LogP contribution in [-0.4, -0.2) is 70.7 Å². The van der Waals surface area contributed by atoms with Gasteiger partial charge < -0.3 is 20.3 Å². The van der Waals surface area contributed by atoms with E-state index in [0.717, 1.165) is 37.5 Å². The van der Waals surface area contributed by atoms with E-state index in [1.807, 2.05) is 18.2 Å². The highest BCUT2D eigenvalue weighted by Crippen LogP contribution is 2.29. The Kier molecular flexibility index (Phi) is 6.19. The van der Waals surface area contributed by atoms with Gasteiger partial charge >= 0.3 is 0 Å². The van der Waals surface area contributed by atoms with E-state index < -0.39 is 12.2 Å². The lowest BCUT2D eigenvalue weighted by Crippen LogP contribution is -2.53. The van der Waals surface area contributed by atoms with Crippen molar-refractivity contribution in [1.29, 1.82) is 0 Å². The van der Waals surface area contributed by atoms with E-state index >= 15 is 0 Å². The topological polar surface area (TPSA) is 77.9 Å². The predicted octanol–water partition coefficient (Wildman–Crippen LogP) is 0.392. The summed E-state index contributed by atoms with van der Waals surface area (Å²) in [5, 5.41) is 23.4. The van der Waals surface area contributed by atoms with E-state index in [0.29, 0.717) is 13.1 Å². The quantitative estimate of drug-likeness (QED) is 0.698. The summed E-state index contributed by atoms with van der Waals surface area (Å²) in [4.78, 5) is 6.64. The Morgan fingerprint density at radius 2 is 2.08 bits per heavy atom. The Labute approximate surface area is 143 Å². The molecule has 0 radical (unpaired) electrons. The van der Waals surface area contributed by atoms with E-state index in [9.17, 15) is 10.2 Å². The number of likely N-dealkylation sites (tertiary alicyclic amines) is 1. The SMILES string of the molecule is CC1CCN([C@@H]2[C@H](O)[C@H](CO)O[C@@H]2CNCc2ccccn2)CC1. The molecular weight excluding hydrogens is 306 g/mol. The van der Waals surface area contributed by atoms with Crippen molar-refractivity contribution in [3.05, 3.63) is 30.1 Å². The summed E-state index contributed by atoms with van der Waals surface area (Å²) in [6, 6.07) is 5.81. The average Bonchev–Trinajstić information content (AvgIpc) is 2.92. The minimum atomic E-state index is -0.634. The fraction of sp³-hybridized carbons (Fsp3) is 0.722. The lowest BCUT2D eigenvalue weighted by atomic mass is 9.94. The molecule has 0 bridgehead atoms. The van der Waals surface area contributed by atoms with Gasteiger partial charge in [0.2, 0.25) is 0 Å². The molecule has 2 saturated heterocycles. The number of nitrogens with one attached hydrogen (secondary N) is 1. The molecule has 6 nitrogen and oxygen atoms in total. The molecule has 0 aliphatic carbocycles. The number of rotatable bonds is 6. The molecule has 0 spiro atoms. The molecule has 2 aliphatic rings. The lowest BCUT2D eigenvalue weighted by molar-refractivity contribution is -0.0213. The lowest BCUT2D eigenvalue weighted by Gasteiger charge is -2.38. The highest BCUT2D eigenvalue weighted by atomic mass is 16.5. The van der Waals surface area contributed by atoms with Crippen LogP contribution in [0.3, 0.4) is 0 Å². The first-order valence-electron chi connectivity index (χ1n) is 8.98. The Balaban J connectivity index is 1.58. The summed E-state index contributed by atoms with van der Waals surface area (Å²) in [5.41, 5.74) is 0.984. The van der Waals surface area contributed by atoms with Crippen molar-refractivity contribution >= 4 is 0 Å². The molecule has 3 N–H and O–H groups in total. The molecule has 0 saturated carbocycles. The summed E-state index contributed by atoms with van der Waals surface area (Å²) >= 11 is 0. The molecule has 6 heteroatoms. The zero-order valence-corrected chi connectivity index (χ0v) is 14.3. The third-order valence-electron chi connectivity index (χ3n) is 5.26. The second kappa shape index (κ2) is 8.36. The van der Waals surface area contributed by atoms with Gasteiger partial charge in [-0.15, -0.1) is 0 Å². The Morgan fingerprint density at radius 1 is 1.29 bits per heavy atom. The van der Waals surface area contributed by atoms with Crippen LogP contribution in [0.5, 0.6) is 0 Å². The Hall–Kier alpha value is -1.05. The molecule has 2 aliphatic heterocycles. The molecule has 0 aromatic carbocycles. The number of aromatic nitrogens is 1. The number of hydrogen-bond acceptors (Lipinski definition) is 6. The van der Waals surface area contributed by atoms with E-state index in [2.05, 4.69) is 22.1 Å². The van der Waals surface area contributed by atoms with Gasteiger partial charge in [0.1, 0.15) is 12.2 Å². The summed E-state index contributed by atoms with van der Waals surface area (Å²) in [6.45, 7) is 5.42. The van der Waals surface area contributed by atoms with Crippen LogP contribution in [0.25, 0.3) is 0 Å². The van der Waals surface area contributed by atoms with E-state index in [1.165, 1.54) is 0 Å². The van der Waals surface area contributed by atoms with Crippen LogP contribution < -0.4 is 5.32 Å². The summed E-state index contributed by atoms with van der Waals surface area (Å²) < 4.78 is 5.93. The summed E-state index contributed by atoms with van der Waals surface area (Å²) in [5.74, 6) is 0.745. The highest BCUT2D eigenvalue weighted by Gasteiger charge is 2.46. The molecule has 0 unspecified atom stereocenters. The Bertz CT molecular complexity index is 494. The van der Waals surface area contributed by atoms with Crippen LogP contribution in [0.1, 0.15) is 25.5 Å². The molecule has 134 valence electrons. The van der Waals surface area contributed by atoms with Gasteiger partial charge in [0.25, 0.3) is 0 Å². The van der Waals surface area contributed by atoms with Crippen molar-refractivity contribution in [3.63, 3.8) is 0 Å². The molecule has 4 atom stereocenters. The zero-order chi connectivity index (χ0) is 16.9. The first-order valence-corrected chi connectivity index (χ1v) is 8.98. The van der Waals surface area contributed by atoms with Crippen molar-refractivity contribution in [2.24, 2.45) is 5.92 Å². The number of piperidine rings is 1. The van der Waals surface area contributed by atoms with Crippen molar-refractivity contribution in [3.8, 4) is 0 Å².